The Balaban J connectivity index is 0.000000246. The Kier molecular flexibility index (Phi) is 4.85. The van der Waals surface area contributed by atoms with E-state index < -0.39 is 5.97 Å². The number of ether oxygens (including phenoxy) is 1. The minimum Gasteiger partial charge on any atom is -0.478 e. The van der Waals surface area contributed by atoms with E-state index in [4.69, 9.17) is 5.11 Å². The molecule has 20 heavy (non-hydrogen) atoms. The van der Waals surface area contributed by atoms with Crippen molar-refractivity contribution < 1.29 is 19.4 Å². The molecule has 2 heterocycles. The minimum atomic E-state index is -0.923. The van der Waals surface area contributed by atoms with Gasteiger partial charge in [-0.05, 0) is 39.8 Å². The summed E-state index contributed by atoms with van der Waals surface area (Å²) in [6.07, 6.45) is 3.35. The van der Waals surface area contributed by atoms with Gasteiger partial charge in [-0.1, -0.05) is 0 Å². The Labute approximate surface area is 117 Å². The molecule has 0 aromatic carbocycles. The molecular formula is C14H18N2O4. The number of carboxylic acids is 1. The van der Waals surface area contributed by atoms with Crippen molar-refractivity contribution in [1.82, 2.24) is 9.38 Å². The second kappa shape index (κ2) is 6.18. The molecule has 2 aromatic heterocycles. The van der Waals surface area contributed by atoms with Crippen molar-refractivity contribution in [2.45, 2.75) is 33.3 Å². The number of aromatic nitrogens is 2. The summed E-state index contributed by atoms with van der Waals surface area (Å²) in [6, 6.07) is 3.24. The van der Waals surface area contributed by atoms with E-state index in [2.05, 4.69) is 9.72 Å². The van der Waals surface area contributed by atoms with Gasteiger partial charge in [0.1, 0.15) is 11.2 Å². The largest absolute Gasteiger partial charge is 0.478 e. The second-order valence-electron chi connectivity index (χ2n) is 5.20. The molecule has 1 N–H and O–H groups in total. The van der Waals surface area contributed by atoms with E-state index in [1.54, 1.807) is 28.9 Å². The van der Waals surface area contributed by atoms with E-state index >= 15 is 0 Å². The Hall–Kier alpha value is -2.37. The van der Waals surface area contributed by atoms with E-state index in [0.717, 1.165) is 11.3 Å². The monoisotopic (exact) mass is 278 g/mol. The van der Waals surface area contributed by atoms with E-state index in [9.17, 15) is 9.59 Å². The van der Waals surface area contributed by atoms with Crippen LogP contribution in [0.4, 0.5) is 0 Å². The molecule has 0 fully saturated rings. The molecule has 0 aliphatic heterocycles. The van der Waals surface area contributed by atoms with Crippen LogP contribution in [-0.4, -0.2) is 32.5 Å². The summed E-state index contributed by atoms with van der Waals surface area (Å²) >= 11 is 0. The molecule has 0 radical (unpaired) electrons. The van der Waals surface area contributed by atoms with Gasteiger partial charge in [-0.3, -0.25) is 4.79 Å². The lowest BCUT2D eigenvalue weighted by Gasteiger charge is -2.14. The highest BCUT2D eigenvalue weighted by Gasteiger charge is 2.07. The fourth-order valence-electron chi connectivity index (χ4n) is 1.39. The molecular weight excluding hydrogens is 260 g/mol. The molecule has 0 bridgehead atoms. The van der Waals surface area contributed by atoms with E-state index in [1.807, 2.05) is 27.7 Å². The molecule has 0 aliphatic carbocycles. The van der Waals surface area contributed by atoms with Gasteiger partial charge in [-0.15, -0.1) is 0 Å². The molecule has 2 rings (SSSR count). The van der Waals surface area contributed by atoms with Crippen LogP contribution in [0.2, 0.25) is 0 Å². The van der Waals surface area contributed by atoms with Gasteiger partial charge in [-0.25, -0.2) is 9.78 Å². The first kappa shape index (κ1) is 15.7. The molecule has 108 valence electrons. The fraction of sp³-hybridized carbons (Fsp3) is 0.357. The van der Waals surface area contributed by atoms with Gasteiger partial charge in [0.15, 0.2) is 0 Å². The van der Waals surface area contributed by atoms with Crippen LogP contribution < -0.4 is 0 Å². The third-order valence-corrected chi connectivity index (χ3v) is 2.22. The third kappa shape index (κ3) is 4.72. The minimum absolute atomic E-state index is 0.268. The SMILES string of the molecule is CC(C)(C)OC=O.Cc1cn2cc(C(=O)O)ccc2n1. The number of aryl methyl sites for hydroxylation is 1. The number of aromatic carboxylic acids is 1. The number of carbonyl (C=O) groups excluding carboxylic acids is 1. The summed E-state index contributed by atoms with van der Waals surface area (Å²) in [6.45, 7) is 7.79. The van der Waals surface area contributed by atoms with Crippen molar-refractivity contribution in [3.8, 4) is 0 Å². The lowest BCUT2D eigenvalue weighted by Crippen LogP contribution is -2.17. The van der Waals surface area contributed by atoms with Gasteiger partial charge >= 0.3 is 5.97 Å². The smallest absolute Gasteiger partial charge is 0.337 e. The van der Waals surface area contributed by atoms with Crippen LogP contribution in [0.3, 0.4) is 0 Å². The van der Waals surface area contributed by atoms with Gasteiger partial charge < -0.3 is 14.2 Å². The van der Waals surface area contributed by atoms with Crippen LogP contribution in [0.1, 0.15) is 36.8 Å². The van der Waals surface area contributed by atoms with Gasteiger partial charge in [0.05, 0.1) is 11.3 Å². The quantitative estimate of drug-likeness (QED) is 0.852. The molecule has 0 spiro atoms. The highest BCUT2D eigenvalue weighted by Crippen LogP contribution is 2.06. The molecule has 0 aliphatic rings. The van der Waals surface area contributed by atoms with Crippen LogP contribution in [0.25, 0.3) is 5.65 Å². The van der Waals surface area contributed by atoms with Crippen LogP contribution in [0.15, 0.2) is 24.5 Å². The fourth-order valence-corrected chi connectivity index (χ4v) is 1.39. The first-order valence-electron chi connectivity index (χ1n) is 6.03. The molecule has 0 unspecified atom stereocenters. The summed E-state index contributed by atoms with van der Waals surface area (Å²) in [5, 5.41) is 8.72. The zero-order valence-electron chi connectivity index (χ0n) is 12.0. The molecule has 6 heteroatoms. The topological polar surface area (TPSA) is 80.9 Å². The molecule has 0 saturated heterocycles. The highest BCUT2D eigenvalue weighted by molar-refractivity contribution is 5.87. The van der Waals surface area contributed by atoms with Gasteiger partial charge in [0, 0.05) is 12.4 Å². The average Bonchev–Trinajstić information content (AvgIpc) is 2.66. The van der Waals surface area contributed by atoms with Crippen molar-refractivity contribution in [2.24, 2.45) is 0 Å². The zero-order valence-corrected chi connectivity index (χ0v) is 12.0. The van der Waals surface area contributed by atoms with E-state index in [0.29, 0.717) is 6.47 Å². The van der Waals surface area contributed by atoms with Crippen LogP contribution >= 0.6 is 0 Å². The highest BCUT2D eigenvalue weighted by atomic mass is 16.5. The van der Waals surface area contributed by atoms with Crippen molar-refractivity contribution in [3.63, 3.8) is 0 Å². The standard InChI is InChI=1S/C9H8N2O2.C5H10O2/c1-6-4-11-5-7(9(12)13)2-3-8(11)10-6;1-5(2,3)7-4-6/h2-5H,1H3,(H,12,13);4H,1-3H3. The van der Waals surface area contributed by atoms with Gasteiger partial charge in [0.25, 0.3) is 6.47 Å². The van der Waals surface area contributed by atoms with Gasteiger partial charge in [0.2, 0.25) is 0 Å². The number of rotatable bonds is 2. The van der Waals surface area contributed by atoms with Crippen molar-refractivity contribution in [3.05, 3.63) is 35.8 Å². The number of carbonyl (C=O) groups is 2. The van der Waals surface area contributed by atoms with Crippen LogP contribution in [-0.2, 0) is 9.53 Å². The Bertz CT molecular complexity index is 611. The van der Waals surface area contributed by atoms with Gasteiger partial charge in [-0.2, -0.15) is 0 Å². The summed E-state index contributed by atoms with van der Waals surface area (Å²) in [5.41, 5.74) is 1.59. The lowest BCUT2D eigenvalue weighted by atomic mass is 10.2. The Morgan fingerprint density at radius 1 is 1.35 bits per heavy atom. The second-order valence-corrected chi connectivity index (χ2v) is 5.20. The van der Waals surface area contributed by atoms with Crippen molar-refractivity contribution in [2.75, 3.05) is 0 Å². The number of fused-ring (bicyclic) bond motifs is 1. The van der Waals surface area contributed by atoms with Crippen LogP contribution in [0.5, 0.6) is 0 Å². The summed E-state index contributed by atoms with van der Waals surface area (Å²) in [5.74, 6) is -0.923. The zero-order chi connectivity index (χ0) is 15.3. The predicted octanol–water partition coefficient (Wildman–Crippen LogP) is 2.30. The normalized spacial score (nSPS) is 10.6. The number of nitrogens with zero attached hydrogens (tertiary/aromatic N) is 2. The predicted molar refractivity (Wildman–Crippen MR) is 73.8 cm³/mol. The summed E-state index contributed by atoms with van der Waals surface area (Å²) in [4.78, 5) is 24.4. The Morgan fingerprint density at radius 3 is 2.45 bits per heavy atom. The number of pyridine rings is 1. The number of imidazole rings is 1. The molecule has 0 saturated carbocycles. The maximum atomic E-state index is 10.6. The third-order valence-electron chi connectivity index (χ3n) is 2.22. The molecule has 0 atom stereocenters. The van der Waals surface area contributed by atoms with Crippen LogP contribution in [0, 0.1) is 6.92 Å². The van der Waals surface area contributed by atoms with Crippen molar-refractivity contribution >= 4 is 18.1 Å². The maximum Gasteiger partial charge on any atom is 0.337 e. The molecule has 6 nitrogen and oxygen atoms in total. The first-order valence-corrected chi connectivity index (χ1v) is 6.03. The number of hydrogen-bond acceptors (Lipinski definition) is 4. The summed E-state index contributed by atoms with van der Waals surface area (Å²) < 4.78 is 6.26. The number of carboxylic acid groups (broad SMARTS) is 1. The maximum absolute atomic E-state index is 10.6. The average molecular weight is 278 g/mol. The first-order chi connectivity index (χ1) is 9.23. The molecule has 0 amide bonds. The summed E-state index contributed by atoms with van der Waals surface area (Å²) in [7, 11) is 0. The molecule has 2 aromatic rings. The Morgan fingerprint density at radius 2 is 2.00 bits per heavy atom. The van der Waals surface area contributed by atoms with E-state index in [1.165, 1.54) is 0 Å². The lowest BCUT2D eigenvalue weighted by molar-refractivity contribution is -0.138. The van der Waals surface area contributed by atoms with E-state index in [-0.39, 0.29) is 11.2 Å². The number of hydrogen-bond donors (Lipinski definition) is 1. The van der Waals surface area contributed by atoms with Crippen molar-refractivity contribution in [1.29, 1.82) is 0 Å².